The van der Waals surface area contributed by atoms with E-state index in [2.05, 4.69) is 32.6 Å². The Bertz CT molecular complexity index is 1290. The van der Waals surface area contributed by atoms with Gasteiger partial charge in [-0.25, -0.2) is 0 Å². The average molecular weight is 504 g/mol. The molecular formula is C28H29N3O2S2. The molecule has 0 aromatic heterocycles. The van der Waals surface area contributed by atoms with Crippen molar-refractivity contribution in [3.05, 3.63) is 77.8 Å². The van der Waals surface area contributed by atoms with E-state index in [1.165, 1.54) is 11.8 Å². The topological polar surface area (TPSA) is 102 Å². The molecule has 0 saturated heterocycles. The lowest BCUT2D eigenvalue weighted by Gasteiger charge is -2.38. The summed E-state index contributed by atoms with van der Waals surface area (Å²) in [6, 6.07) is 19.4. The zero-order chi connectivity index (χ0) is 25.8. The first-order valence-corrected chi connectivity index (χ1v) is 12.6. The zero-order valence-electron chi connectivity index (χ0n) is 20.3. The highest BCUT2D eigenvalue weighted by molar-refractivity contribution is 8.03. The van der Waals surface area contributed by atoms with E-state index in [4.69, 9.17) is 21.5 Å². The first-order chi connectivity index (χ1) is 16.4. The van der Waals surface area contributed by atoms with E-state index in [9.17, 15) is 4.79 Å². The molecule has 0 heterocycles. The van der Waals surface area contributed by atoms with Gasteiger partial charge in [-0.05, 0) is 74.2 Å². The quantitative estimate of drug-likeness (QED) is 0.187. The third kappa shape index (κ3) is 6.29. The normalized spacial score (nSPS) is 11.5. The summed E-state index contributed by atoms with van der Waals surface area (Å²) in [5, 5.41) is 9.28. The van der Waals surface area contributed by atoms with Crippen LogP contribution >= 0.6 is 23.5 Å². The molecule has 5 nitrogen and oxygen atoms in total. The molecule has 3 rings (SSSR count). The molecule has 0 fully saturated rings. The minimum absolute atomic E-state index is 0.271. The summed E-state index contributed by atoms with van der Waals surface area (Å²) in [5.74, 6) is 0.444. The summed E-state index contributed by atoms with van der Waals surface area (Å²) in [6.45, 7) is 12.0. The van der Waals surface area contributed by atoms with Crippen molar-refractivity contribution in [2.45, 2.75) is 47.8 Å². The minimum atomic E-state index is -0.432. The standard InChI is InChI=1S/C28H29N3O2S2/c1-18(30)34-25-15-22(33-17-29)11-13-23(25)20-7-9-21(10-8-20)24-12-6-19(16-32)14-26(24)35-28(4,5)27(2,3)31/h6-16H,1,30-31H2,2-5H3. The summed E-state index contributed by atoms with van der Waals surface area (Å²) >= 11 is 2.99. The minimum Gasteiger partial charge on any atom is -0.394 e. The predicted molar refractivity (Wildman–Crippen MR) is 146 cm³/mol. The second kappa shape index (κ2) is 10.6. The molecular weight excluding hydrogens is 474 g/mol. The molecule has 0 aliphatic rings. The molecule has 0 bridgehead atoms. The van der Waals surface area contributed by atoms with E-state index >= 15 is 0 Å². The summed E-state index contributed by atoms with van der Waals surface area (Å²) < 4.78 is 4.71. The number of rotatable bonds is 9. The molecule has 180 valence electrons. The van der Waals surface area contributed by atoms with E-state index in [1.54, 1.807) is 30.1 Å². The van der Waals surface area contributed by atoms with Gasteiger partial charge in [0.1, 0.15) is 12.0 Å². The van der Waals surface area contributed by atoms with Crippen LogP contribution in [-0.2, 0) is 0 Å². The molecule has 4 N–H and O–H groups in total. The number of hydrogen-bond acceptors (Lipinski definition) is 7. The van der Waals surface area contributed by atoms with Crippen LogP contribution in [0.25, 0.3) is 22.3 Å². The number of nitrogens with zero attached hydrogens (tertiary/aromatic N) is 1. The second-order valence-corrected chi connectivity index (χ2v) is 12.0. The van der Waals surface area contributed by atoms with Crippen molar-refractivity contribution in [2.24, 2.45) is 11.5 Å². The number of aldehydes is 1. The molecule has 0 saturated carbocycles. The molecule has 0 aliphatic heterocycles. The fraction of sp³-hybridized carbons (Fsp3) is 0.214. The van der Waals surface area contributed by atoms with Gasteiger partial charge in [-0.1, -0.05) is 54.7 Å². The number of carbonyl (C=O) groups is 1. The van der Waals surface area contributed by atoms with Gasteiger partial charge in [0.15, 0.2) is 0 Å². The van der Waals surface area contributed by atoms with Crippen LogP contribution in [0.4, 0.5) is 0 Å². The Balaban J connectivity index is 2.03. The summed E-state index contributed by atoms with van der Waals surface area (Å²) in [6.07, 6.45) is 2.56. The largest absolute Gasteiger partial charge is 0.394 e. The summed E-state index contributed by atoms with van der Waals surface area (Å²) in [5.41, 5.74) is 16.5. The highest BCUT2D eigenvalue weighted by atomic mass is 32.2. The number of nitrogens with two attached hydrogens (primary N) is 2. The van der Waals surface area contributed by atoms with Crippen LogP contribution in [0, 0.1) is 11.5 Å². The fourth-order valence-electron chi connectivity index (χ4n) is 3.25. The molecule has 0 atom stereocenters. The Morgan fingerprint density at radius 2 is 1.54 bits per heavy atom. The monoisotopic (exact) mass is 503 g/mol. The molecule has 0 unspecified atom stereocenters. The third-order valence-corrected chi connectivity index (χ3v) is 8.34. The van der Waals surface area contributed by atoms with Crippen molar-refractivity contribution in [1.29, 1.82) is 5.26 Å². The van der Waals surface area contributed by atoms with Gasteiger partial charge in [0.2, 0.25) is 0 Å². The van der Waals surface area contributed by atoms with Crippen molar-refractivity contribution in [3.8, 4) is 34.3 Å². The molecule has 7 heteroatoms. The lowest BCUT2D eigenvalue weighted by molar-refractivity contribution is 0.112. The predicted octanol–water partition coefficient (Wildman–Crippen LogP) is 6.82. The van der Waals surface area contributed by atoms with E-state index in [-0.39, 0.29) is 4.75 Å². The molecule has 0 aliphatic carbocycles. The number of thioether (sulfide) groups is 2. The van der Waals surface area contributed by atoms with Gasteiger partial charge in [-0.3, -0.25) is 4.79 Å². The van der Waals surface area contributed by atoms with Crippen molar-refractivity contribution in [1.82, 2.24) is 0 Å². The Kier molecular flexibility index (Phi) is 8.01. The first kappa shape index (κ1) is 26.4. The van der Waals surface area contributed by atoms with Crippen molar-refractivity contribution < 1.29 is 9.53 Å². The SMILES string of the molecule is C=C(N)Sc1cc(OC#N)ccc1-c1ccc(-c2ccc(C=O)cc2SC(C)(C)C(C)(C)N)cc1. The van der Waals surface area contributed by atoms with Crippen molar-refractivity contribution in [3.63, 3.8) is 0 Å². The first-order valence-electron chi connectivity index (χ1n) is 11.0. The molecule has 3 aromatic rings. The van der Waals surface area contributed by atoms with Crippen LogP contribution in [0.15, 0.2) is 82.1 Å². The van der Waals surface area contributed by atoms with Gasteiger partial charge < -0.3 is 16.2 Å². The smallest absolute Gasteiger partial charge is 0.292 e. The van der Waals surface area contributed by atoms with Gasteiger partial charge in [-0.2, -0.15) is 0 Å². The lowest BCUT2D eigenvalue weighted by Crippen LogP contribution is -2.50. The number of carbonyl (C=O) groups excluding carboxylic acids is 1. The Morgan fingerprint density at radius 3 is 2.06 bits per heavy atom. The van der Waals surface area contributed by atoms with E-state index in [1.807, 2.05) is 50.2 Å². The van der Waals surface area contributed by atoms with Crippen molar-refractivity contribution >= 4 is 29.8 Å². The van der Waals surface area contributed by atoms with E-state index < -0.39 is 5.54 Å². The van der Waals surface area contributed by atoms with Crippen LogP contribution in [-0.4, -0.2) is 16.6 Å². The Labute approximate surface area is 215 Å². The highest BCUT2D eigenvalue weighted by Crippen LogP contribution is 2.44. The van der Waals surface area contributed by atoms with Gasteiger partial charge in [0.25, 0.3) is 6.26 Å². The average Bonchev–Trinajstić information content (AvgIpc) is 2.78. The van der Waals surface area contributed by atoms with Crippen LogP contribution in [0.3, 0.4) is 0 Å². The molecule has 3 aromatic carbocycles. The maximum Gasteiger partial charge on any atom is 0.292 e. The number of nitriles is 1. The van der Waals surface area contributed by atoms with Gasteiger partial charge in [0.05, 0.1) is 5.03 Å². The van der Waals surface area contributed by atoms with E-state index in [0.717, 1.165) is 38.3 Å². The molecule has 35 heavy (non-hydrogen) atoms. The van der Waals surface area contributed by atoms with Gasteiger partial charge >= 0.3 is 0 Å². The van der Waals surface area contributed by atoms with Crippen LogP contribution < -0.4 is 16.2 Å². The highest BCUT2D eigenvalue weighted by Gasteiger charge is 2.35. The van der Waals surface area contributed by atoms with E-state index in [0.29, 0.717) is 16.3 Å². The summed E-state index contributed by atoms with van der Waals surface area (Å²) in [7, 11) is 0. The maximum atomic E-state index is 11.5. The second-order valence-electron chi connectivity index (χ2n) is 9.20. The van der Waals surface area contributed by atoms with Crippen LogP contribution in [0.5, 0.6) is 5.75 Å². The fourth-order valence-corrected chi connectivity index (χ4v) is 5.31. The van der Waals surface area contributed by atoms with Crippen LogP contribution in [0.1, 0.15) is 38.1 Å². The third-order valence-electron chi connectivity index (χ3n) is 5.92. The van der Waals surface area contributed by atoms with Crippen LogP contribution in [0.2, 0.25) is 0 Å². The lowest BCUT2D eigenvalue weighted by atomic mass is 9.91. The molecule has 0 radical (unpaired) electrons. The molecule has 0 amide bonds. The number of ether oxygens (including phenoxy) is 1. The molecule has 0 spiro atoms. The van der Waals surface area contributed by atoms with Crippen molar-refractivity contribution in [2.75, 3.05) is 0 Å². The number of benzene rings is 3. The zero-order valence-corrected chi connectivity index (χ0v) is 21.9. The van der Waals surface area contributed by atoms with Gasteiger partial charge in [-0.15, -0.1) is 17.0 Å². The van der Waals surface area contributed by atoms with Gasteiger partial charge in [0, 0.05) is 25.6 Å². The Hall–Kier alpha value is -3.18. The summed E-state index contributed by atoms with van der Waals surface area (Å²) in [4.78, 5) is 13.3. The number of hydrogen-bond donors (Lipinski definition) is 2. The maximum absolute atomic E-state index is 11.5. The Morgan fingerprint density at radius 1 is 0.971 bits per heavy atom.